The Kier molecular flexibility index (Phi) is 4.98. The number of nitrogens with one attached hydrogen (secondary N) is 1. The van der Waals surface area contributed by atoms with Gasteiger partial charge in [-0.1, -0.05) is 42.5 Å². The molecule has 0 radical (unpaired) electrons. The highest BCUT2D eigenvalue weighted by Gasteiger charge is 2.24. The van der Waals surface area contributed by atoms with Crippen molar-refractivity contribution in [2.75, 3.05) is 7.11 Å². The molecule has 1 aromatic heterocycles. The Bertz CT molecular complexity index is 1060. The van der Waals surface area contributed by atoms with E-state index in [-0.39, 0.29) is 23.3 Å². The molecule has 4 rings (SSSR count). The second-order valence-electron chi connectivity index (χ2n) is 6.92. The molecule has 0 saturated carbocycles. The van der Waals surface area contributed by atoms with Crippen molar-refractivity contribution in [3.05, 3.63) is 93.9 Å². The monoisotopic (exact) mass is 374 g/mol. The summed E-state index contributed by atoms with van der Waals surface area (Å²) in [5.41, 5.74) is 3.24. The first kappa shape index (κ1) is 18.0. The molecule has 1 aliphatic rings. The second kappa shape index (κ2) is 7.72. The molecule has 0 spiro atoms. The van der Waals surface area contributed by atoms with Crippen LogP contribution in [0, 0.1) is 0 Å². The van der Waals surface area contributed by atoms with E-state index in [9.17, 15) is 9.59 Å². The molecular formula is C23H22N2O3. The first-order valence-electron chi connectivity index (χ1n) is 9.42. The lowest BCUT2D eigenvalue weighted by Gasteiger charge is -2.26. The number of hydrogen-bond acceptors (Lipinski definition) is 3. The summed E-state index contributed by atoms with van der Waals surface area (Å²) in [5.74, 6) is 0.0296. The summed E-state index contributed by atoms with van der Waals surface area (Å²) in [4.78, 5) is 25.6. The minimum atomic E-state index is -0.248. The molecule has 0 fully saturated rings. The van der Waals surface area contributed by atoms with Crippen molar-refractivity contribution in [1.82, 2.24) is 9.88 Å². The number of carbonyl (C=O) groups is 1. The molecule has 1 amide bonds. The third kappa shape index (κ3) is 3.43. The lowest BCUT2D eigenvalue weighted by molar-refractivity contribution is 0.0929. The smallest absolute Gasteiger partial charge is 0.258 e. The average molecular weight is 374 g/mol. The van der Waals surface area contributed by atoms with Crippen molar-refractivity contribution >= 4 is 5.91 Å². The largest absolute Gasteiger partial charge is 0.496 e. The van der Waals surface area contributed by atoms with E-state index in [0.717, 1.165) is 24.8 Å². The highest BCUT2D eigenvalue weighted by Crippen LogP contribution is 2.30. The maximum absolute atomic E-state index is 13.1. The lowest BCUT2D eigenvalue weighted by atomic mass is 9.87. The number of amides is 1. The number of pyridine rings is 1. The number of aromatic nitrogens is 1. The van der Waals surface area contributed by atoms with E-state index in [2.05, 4.69) is 17.4 Å². The molecule has 1 N–H and O–H groups in total. The Morgan fingerprint density at radius 3 is 2.64 bits per heavy atom. The van der Waals surface area contributed by atoms with Gasteiger partial charge in [0, 0.05) is 18.0 Å². The topological polar surface area (TPSA) is 60.3 Å². The van der Waals surface area contributed by atoms with Crippen molar-refractivity contribution in [3.63, 3.8) is 0 Å². The summed E-state index contributed by atoms with van der Waals surface area (Å²) < 4.78 is 6.79. The third-order valence-corrected chi connectivity index (χ3v) is 5.19. The number of nitrogens with zero attached hydrogens (tertiary/aromatic N) is 1. The zero-order chi connectivity index (χ0) is 19.5. The van der Waals surface area contributed by atoms with Gasteiger partial charge in [-0.25, -0.2) is 0 Å². The van der Waals surface area contributed by atoms with Gasteiger partial charge in [0.2, 0.25) is 0 Å². The first-order chi connectivity index (χ1) is 13.7. The molecule has 0 unspecified atom stereocenters. The Hall–Kier alpha value is -3.34. The summed E-state index contributed by atoms with van der Waals surface area (Å²) in [7, 11) is 1.47. The fourth-order valence-corrected chi connectivity index (χ4v) is 3.79. The SMILES string of the molecule is COc1cc(=O)n(-c2ccccc2)cc1C(=O)N[C@@H]1CCCc2ccccc21. The van der Waals surface area contributed by atoms with Gasteiger partial charge in [-0.3, -0.25) is 14.2 Å². The van der Waals surface area contributed by atoms with Crippen LogP contribution in [-0.2, 0) is 6.42 Å². The zero-order valence-corrected chi connectivity index (χ0v) is 15.7. The van der Waals surface area contributed by atoms with Crippen LogP contribution < -0.4 is 15.6 Å². The standard InChI is InChI=1S/C23H22N2O3/c1-28-21-14-22(26)25(17-10-3-2-4-11-17)15-19(21)23(27)24-20-13-7-9-16-8-5-6-12-18(16)20/h2-6,8,10-12,14-15,20H,7,9,13H2,1H3,(H,24,27)/t20-/m1/s1. The number of rotatable bonds is 4. The molecule has 1 heterocycles. The van der Waals surface area contributed by atoms with Crippen LogP contribution in [0.15, 0.2) is 71.7 Å². The van der Waals surface area contributed by atoms with Gasteiger partial charge in [0.1, 0.15) is 5.75 Å². The fraction of sp³-hybridized carbons (Fsp3) is 0.217. The van der Waals surface area contributed by atoms with E-state index in [0.29, 0.717) is 11.3 Å². The van der Waals surface area contributed by atoms with Crippen LogP contribution in [0.4, 0.5) is 0 Å². The van der Waals surface area contributed by atoms with Crippen molar-refractivity contribution in [1.29, 1.82) is 0 Å². The van der Waals surface area contributed by atoms with E-state index < -0.39 is 0 Å². The number of fused-ring (bicyclic) bond motifs is 1. The number of hydrogen-bond donors (Lipinski definition) is 1. The van der Waals surface area contributed by atoms with E-state index in [4.69, 9.17) is 4.74 Å². The molecule has 2 aromatic carbocycles. The minimum absolute atomic E-state index is 0.0424. The molecular weight excluding hydrogens is 352 g/mol. The Labute approximate surface area is 163 Å². The van der Waals surface area contributed by atoms with Gasteiger partial charge < -0.3 is 10.1 Å². The summed E-state index contributed by atoms with van der Waals surface area (Å²) in [5, 5.41) is 3.13. The van der Waals surface area contributed by atoms with Gasteiger partial charge in [-0.2, -0.15) is 0 Å². The molecule has 28 heavy (non-hydrogen) atoms. The normalized spacial score (nSPS) is 15.5. The van der Waals surface area contributed by atoms with Crippen LogP contribution >= 0.6 is 0 Å². The van der Waals surface area contributed by atoms with Gasteiger partial charge in [0.15, 0.2) is 0 Å². The predicted octanol–water partition coefficient (Wildman–Crippen LogP) is 3.65. The summed E-state index contributed by atoms with van der Waals surface area (Å²) in [6.45, 7) is 0. The highest BCUT2D eigenvalue weighted by molar-refractivity contribution is 5.97. The summed E-state index contributed by atoms with van der Waals surface area (Å²) in [6, 6.07) is 18.8. The van der Waals surface area contributed by atoms with Crippen molar-refractivity contribution in [2.24, 2.45) is 0 Å². The molecule has 0 bridgehead atoms. The number of ether oxygens (including phenoxy) is 1. The molecule has 5 heteroatoms. The van der Waals surface area contributed by atoms with Gasteiger partial charge >= 0.3 is 0 Å². The van der Waals surface area contributed by atoms with Crippen molar-refractivity contribution < 1.29 is 9.53 Å². The van der Waals surface area contributed by atoms with E-state index in [1.165, 1.54) is 23.3 Å². The van der Waals surface area contributed by atoms with Crippen molar-refractivity contribution in [3.8, 4) is 11.4 Å². The third-order valence-electron chi connectivity index (χ3n) is 5.19. The Morgan fingerprint density at radius 2 is 1.86 bits per heavy atom. The first-order valence-corrected chi connectivity index (χ1v) is 9.42. The maximum atomic E-state index is 13.1. The number of aryl methyl sites for hydroxylation is 1. The van der Waals surface area contributed by atoms with Gasteiger partial charge in [-0.15, -0.1) is 0 Å². The quantitative estimate of drug-likeness (QED) is 0.758. The Balaban J connectivity index is 1.69. The van der Waals surface area contributed by atoms with Crippen LogP contribution in [-0.4, -0.2) is 17.6 Å². The van der Waals surface area contributed by atoms with Gasteiger partial charge in [0.25, 0.3) is 11.5 Å². The van der Waals surface area contributed by atoms with Gasteiger partial charge in [-0.05, 0) is 42.5 Å². The van der Waals surface area contributed by atoms with E-state index in [1.54, 1.807) is 6.20 Å². The van der Waals surface area contributed by atoms with Crippen LogP contribution in [0.25, 0.3) is 5.69 Å². The number of methoxy groups -OCH3 is 1. The fourth-order valence-electron chi connectivity index (χ4n) is 3.79. The van der Waals surface area contributed by atoms with Crippen LogP contribution in [0.5, 0.6) is 5.75 Å². The minimum Gasteiger partial charge on any atom is -0.496 e. The van der Waals surface area contributed by atoms with Crippen molar-refractivity contribution in [2.45, 2.75) is 25.3 Å². The molecule has 3 aromatic rings. The average Bonchev–Trinajstić information content (AvgIpc) is 2.74. The number of carbonyl (C=O) groups excluding carboxylic acids is 1. The van der Waals surface area contributed by atoms with Crippen LogP contribution in [0.3, 0.4) is 0 Å². The molecule has 1 aliphatic carbocycles. The zero-order valence-electron chi connectivity index (χ0n) is 15.7. The lowest BCUT2D eigenvalue weighted by Crippen LogP contribution is -2.32. The van der Waals surface area contributed by atoms with Crippen LogP contribution in [0.1, 0.15) is 40.4 Å². The van der Waals surface area contributed by atoms with Gasteiger partial charge in [0.05, 0.1) is 18.7 Å². The molecule has 1 atom stereocenters. The van der Waals surface area contributed by atoms with E-state index in [1.807, 2.05) is 42.5 Å². The van der Waals surface area contributed by atoms with E-state index >= 15 is 0 Å². The predicted molar refractivity (Wildman–Crippen MR) is 108 cm³/mol. The maximum Gasteiger partial charge on any atom is 0.258 e. The number of para-hydroxylation sites is 1. The molecule has 142 valence electrons. The number of benzene rings is 2. The van der Waals surface area contributed by atoms with Crippen LogP contribution in [0.2, 0.25) is 0 Å². The summed E-state index contributed by atoms with van der Waals surface area (Å²) in [6.07, 6.45) is 4.51. The summed E-state index contributed by atoms with van der Waals surface area (Å²) >= 11 is 0. The second-order valence-corrected chi connectivity index (χ2v) is 6.92. The molecule has 0 saturated heterocycles. The Morgan fingerprint density at radius 1 is 1.11 bits per heavy atom. The highest BCUT2D eigenvalue weighted by atomic mass is 16.5. The molecule has 0 aliphatic heterocycles. The molecule has 5 nitrogen and oxygen atoms in total.